The molecule has 138 valence electrons. The van der Waals surface area contributed by atoms with Crippen molar-refractivity contribution in [1.82, 2.24) is 15.1 Å². The molecule has 4 amide bonds. The summed E-state index contributed by atoms with van der Waals surface area (Å²) in [4.78, 5) is 39.5. The number of urea groups is 1. The van der Waals surface area contributed by atoms with Gasteiger partial charge in [-0.05, 0) is 56.8 Å². The lowest BCUT2D eigenvalue weighted by Gasteiger charge is -2.28. The van der Waals surface area contributed by atoms with Crippen LogP contribution in [0.15, 0.2) is 12.2 Å². The SMILES string of the molecule is CCN1C(=O)[C@H](CCCCNC(C)=O)N(CC2CC3C=CC2C3)C1=O. The third-order valence-corrected chi connectivity index (χ3v) is 5.85. The smallest absolute Gasteiger partial charge is 0.327 e. The minimum atomic E-state index is -0.326. The van der Waals surface area contributed by atoms with Gasteiger partial charge in [-0.25, -0.2) is 4.79 Å². The summed E-state index contributed by atoms with van der Waals surface area (Å²) in [5.74, 6) is 1.65. The molecule has 1 saturated heterocycles. The van der Waals surface area contributed by atoms with Gasteiger partial charge in [-0.1, -0.05) is 12.2 Å². The summed E-state index contributed by atoms with van der Waals surface area (Å²) in [6, 6.07) is -0.445. The van der Waals surface area contributed by atoms with Gasteiger partial charge in [0, 0.05) is 26.6 Å². The van der Waals surface area contributed by atoms with Crippen LogP contribution in [0.2, 0.25) is 0 Å². The van der Waals surface area contributed by atoms with E-state index in [1.54, 1.807) is 0 Å². The molecule has 1 saturated carbocycles. The quantitative estimate of drug-likeness (QED) is 0.415. The Kier molecular flexibility index (Phi) is 5.45. The van der Waals surface area contributed by atoms with E-state index in [4.69, 9.17) is 0 Å². The Bertz CT molecular complexity index is 574. The zero-order valence-corrected chi connectivity index (χ0v) is 15.2. The number of likely N-dealkylation sites (N-methyl/N-ethyl adjacent to an activating group) is 1. The Balaban J connectivity index is 1.58. The predicted molar refractivity (Wildman–Crippen MR) is 94.7 cm³/mol. The maximum atomic E-state index is 12.7. The van der Waals surface area contributed by atoms with Crippen LogP contribution in [0, 0.1) is 17.8 Å². The van der Waals surface area contributed by atoms with Gasteiger partial charge in [-0.3, -0.25) is 14.5 Å². The highest BCUT2D eigenvalue weighted by molar-refractivity contribution is 6.04. The van der Waals surface area contributed by atoms with Gasteiger partial charge >= 0.3 is 6.03 Å². The van der Waals surface area contributed by atoms with Crippen LogP contribution in [0.5, 0.6) is 0 Å². The molecule has 4 atom stereocenters. The fourth-order valence-electron chi connectivity index (χ4n) is 4.56. The first-order valence-electron chi connectivity index (χ1n) is 9.56. The Hall–Kier alpha value is -1.85. The molecule has 2 bridgehead atoms. The number of hydrogen-bond acceptors (Lipinski definition) is 3. The standard InChI is InChI=1S/C19H29N3O3/c1-3-21-18(24)17(6-4-5-9-20-13(2)23)22(19(21)25)12-16-11-14-7-8-15(16)10-14/h7-8,14-17H,3-6,9-12H2,1-2H3,(H,20,23)/t14?,15?,16?,17-/m0/s1. The molecule has 1 aliphatic heterocycles. The number of imide groups is 1. The Morgan fingerprint density at radius 3 is 2.64 bits per heavy atom. The highest BCUT2D eigenvalue weighted by Crippen LogP contribution is 2.44. The van der Waals surface area contributed by atoms with Crippen LogP contribution in [-0.4, -0.2) is 53.3 Å². The molecule has 25 heavy (non-hydrogen) atoms. The van der Waals surface area contributed by atoms with Crippen molar-refractivity contribution in [3.05, 3.63) is 12.2 Å². The highest BCUT2D eigenvalue weighted by atomic mass is 16.2. The molecule has 0 radical (unpaired) electrons. The summed E-state index contributed by atoms with van der Waals surface area (Å²) in [7, 11) is 0. The summed E-state index contributed by atoms with van der Waals surface area (Å²) < 4.78 is 0. The van der Waals surface area contributed by atoms with E-state index in [1.165, 1.54) is 18.2 Å². The van der Waals surface area contributed by atoms with E-state index in [0.29, 0.717) is 43.8 Å². The van der Waals surface area contributed by atoms with Gasteiger partial charge in [0.15, 0.2) is 0 Å². The molecule has 1 N–H and O–H groups in total. The molecule has 0 aromatic carbocycles. The van der Waals surface area contributed by atoms with Crippen LogP contribution in [0.25, 0.3) is 0 Å². The van der Waals surface area contributed by atoms with Crippen molar-refractivity contribution in [2.75, 3.05) is 19.6 Å². The lowest BCUT2D eigenvalue weighted by molar-refractivity contribution is -0.128. The second-order valence-corrected chi connectivity index (χ2v) is 7.55. The first-order chi connectivity index (χ1) is 12.0. The van der Waals surface area contributed by atoms with E-state index >= 15 is 0 Å². The lowest BCUT2D eigenvalue weighted by Crippen LogP contribution is -2.40. The summed E-state index contributed by atoms with van der Waals surface area (Å²) in [6.45, 7) is 5.12. The third kappa shape index (κ3) is 3.72. The van der Waals surface area contributed by atoms with E-state index in [0.717, 1.165) is 19.3 Å². The number of rotatable bonds is 8. The molecule has 2 aliphatic carbocycles. The van der Waals surface area contributed by atoms with Crippen molar-refractivity contribution in [2.45, 2.75) is 52.0 Å². The maximum Gasteiger partial charge on any atom is 0.327 e. The van der Waals surface area contributed by atoms with Crippen molar-refractivity contribution >= 4 is 17.8 Å². The number of carbonyl (C=O) groups excluding carboxylic acids is 3. The zero-order valence-electron chi connectivity index (χ0n) is 15.2. The molecular weight excluding hydrogens is 318 g/mol. The number of amides is 4. The fourth-order valence-corrected chi connectivity index (χ4v) is 4.56. The second kappa shape index (κ2) is 7.58. The molecule has 1 heterocycles. The Labute approximate surface area is 149 Å². The number of allylic oxidation sites excluding steroid dienone is 2. The number of fused-ring (bicyclic) bond motifs is 2. The lowest BCUT2D eigenvalue weighted by atomic mass is 9.92. The van der Waals surface area contributed by atoms with Crippen LogP contribution >= 0.6 is 0 Å². The van der Waals surface area contributed by atoms with E-state index in [9.17, 15) is 14.4 Å². The van der Waals surface area contributed by atoms with Gasteiger partial charge in [0.2, 0.25) is 5.91 Å². The molecule has 3 unspecified atom stereocenters. The van der Waals surface area contributed by atoms with Crippen LogP contribution in [-0.2, 0) is 9.59 Å². The van der Waals surface area contributed by atoms with Crippen LogP contribution in [0.1, 0.15) is 46.0 Å². The predicted octanol–water partition coefficient (Wildman–Crippen LogP) is 2.16. The largest absolute Gasteiger partial charge is 0.356 e. The van der Waals surface area contributed by atoms with Crippen molar-refractivity contribution < 1.29 is 14.4 Å². The van der Waals surface area contributed by atoms with Gasteiger partial charge in [-0.2, -0.15) is 0 Å². The second-order valence-electron chi connectivity index (χ2n) is 7.55. The summed E-state index contributed by atoms with van der Waals surface area (Å²) in [5.41, 5.74) is 0. The molecule has 0 spiro atoms. The molecule has 3 rings (SSSR count). The summed E-state index contributed by atoms with van der Waals surface area (Å²) in [6.07, 6.45) is 9.28. The number of hydrogen-bond donors (Lipinski definition) is 1. The number of unbranched alkanes of at least 4 members (excludes halogenated alkanes) is 1. The molecule has 6 nitrogen and oxygen atoms in total. The van der Waals surface area contributed by atoms with Crippen molar-refractivity contribution in [1.29, 1.82) is 0 Å². The number of carbonyl (C=O) groups is 3. The monoisotopic (exact) mass is 347 g/mol. The number of nitrogens with one attached hydrogen (secondary N) is 1. The zero-order chi connectivity index (χ0) is 18.0. The Morgan fingerprint density at radius 1 is 1.24 bits per heavy atom. The molecule has 0 aromatic heterocycles. The first-order valence-corrected chi connectivity index (χ1v) is 9.56. The van der Waals surface area contributed by atoms with E-state index in [1.807, 2.05) is 11.8 Å². The van der Waals surface area contributed by atoms with E-state index in [2.05, 4.69) is 17.5 Å². The van der Waals surface area contributed by atoms with E-state index < -0.39 is 0 Å². The summed E-state index contributed by atoms with van der Waals surface area (Å²) in [5, 5.41) is 2.78. The van der Waals surface area contributed by atoms with Crippen molar-refractivity contribution in [2.24, 2.45) is 17.8 Å². The fraction of sp³-hybridized carbons (Fsp3) is 0.737. The minimum absolute atomic E-state index is 0.0322. The molecule has 3 aliphatic rings. The van der Waals surface area contributed by atoms with Gasteiger partial charge < -0.3 is 10.2 Å². The van der Waals surface area contributed by atoms with Crippen molar-refractivity contribution in [3.63, 3.8) is 0 Å². The van der Waals surface area contributed by atoms with Gasteiger partial charge in [0.25, 0.3) is 5.91 Å². The van der Waals surface area contributed by atoms with Crippen LogP contribution in [0.3, 0.4) is 0 Å². The van der Waals surface area contributed by atoms with Crippen LogP contribution in [0.4, 0.5) is 4.79 Å². The molecular formula is C19H29N3O3. The maximum absolute atomic E-state index is 12.7. The third-order valence-electron chi connectivity index (χ3n) is 5.85. The average Bonchev–Trinajstić information content (AvgIpc) is 3.24. The molecule has 2 fully saturated rings. The Morgan fingerprint density at radius 2 is 2.04 bits per heavy atom. The van der Waals surface area contributed by atoms with Gasteiger partial charge in [0.05, 0.1) is 0 Å². The average molecular weight is 347 g/mol. The van der Waals surface area contributed by atoms with Crippen molar-refractivity contribution in [3.8, 4) is 0 Å². The highest BCUT2D eigenvalue weighted by Gasteiger charge is 2.46. The normalized spacial score (nSPS) is 30.6. The minimum Gasteiger partial charge on any atom is -0.356 e. The topological polar surface area (TPSA) is 69.7 Å². The molecule has 6 heteroatoms. The van der Waals surface area contributed by atoms with E-state index in [-0.39, 0.29) is 23.9 Å². The molecule has 0 aromatic rings. The summed E-state index contributed by atoms with van der Waals surface area (Å²) >= 11 is 0. The van der Waals surface area contributed by atoms with Gasteiger partial charge in [0.1, 0.15) is 6.04 Å². The van der Waals surface area contributed by atoms with Gasteiger partial charge in [-0.15, -0.1) is 0 Å². The van der Waals surface area contributed by atoms with Crippen LogP contribution < -0.4 is 5.32 Å². The number of nitrogens with zero attached hydrogens (tertiary/aromatic N) is 2. The first kappa shape index (κ1) is 18.0.